The molecule has 1 amide bonds. The molecule has 0 aliphatic heterocycles. The highest BCUT2D eigenvalue weighted by Crippen LogP contribution is 2.21. The lowest BCUT2D eigenvalue weighted by Gasteiger charge is -2.09. The van der Waals surface area contributed by atoms with Crippen molar-refractivity contribution < 1.29 is 22.0 Å². The molecule has 0 atom stereocenters. The molecule has 0 fully saturated rings. The number of sulfonamides is 1. The van der Waals surface area contributed by atoms with E-state index in [0.717, 1.165) is 18.3 Å². The van der Waals surface area contributed by atoms with Gasteiger partial charge in [0.15, 0.2) is 5.03 Å². The summed E-state index contributed by atoms with van der Waals surface area (Å²) in [6.45, 7) is 1.69. The maximum absolute atomic E-state index is 13.9. The van der Waals surface area contributed by atoms with Crippen molar-refractivity contribution in [2.24, 2.45) is 0 Å². The number of hydrogen-bond donors (Lipinski definition) is 3. The molecule has 0 spiro atoms. The zero-order chi connectivity index (χ0) is 19.6. The lowest BCUT2D eigenvalue weighted by atomic mass is 10.2. The minimum Gasteiger partial charge on any atom is -0.319 e. The van der Waals surface area contributed by atoms with Crippen molar-refractivity contribution in [3.8, 4) is 0 Å². The van der Waals surface area contributed by atoms with Gasteiger partial charge in [-0.1, -0.05) is 6.07 Å². The van der Waals surface area contributed by atoms with Crippen LogP contribution in [0.4, 0.5) is 20.2 Å². The number of amides is 1. The van der Waals surface area contributed by atoms with Gasteiger partial charge in [-0.05, 0) is 48.9 Å². The van der Waals surface area contributed by atoms with Gasteiger partial charge in [0.05, 0.1) is 17.4 Å². The molecule has 2 aromatic carbocycles. The van der Waals surface area contributed by atoms with E-state index in [9.17, 15) is 22.0 Å². The number of rotatable bonds is 5. The quantitative estimate of drug-likeness (QED) is 0.621. The van der Waals surface area contributed by atoms with E-state index in [1.165, 1.54) is 24.3 Å². The first-order valence-corrected chi connectivity index (χ1v) is 9.14. The van der Waals surface area contributed by atoms with E-state index in [1.807, 2.05) is 0 Å². The largest absolute Gasteiger partial charge is 0.319 e. The van der Waals surface area contributed by atoms with Crippen LogP contribution >= 0.6 is 0 Å². The van der Waals surface area contributed by atoms with Gasteiger partial charge in [-0.25, -0.2) is 8.78 Å². The summed E-state index contributed by atoms with van der Waals surface area (Å²) < 4.78 is 54.1. The van der Waals surface area contributed by atoms with Crippen molar-refractivity contribution in [2.75, 3.05) is 10.0 Å². The molecule has 3 aromatic rings. The van der Waals surface area contributed by atoms with E-state index >= 15 is 0 Å². The minimum absolute atomic E-state index is 0.0957. The molecule has 140 valence electrons. The van der Waals surface area contributed by atoms with Crippen LogP contribution in [0.2, 0.25) is 0 Å². The second-order valence-electron chi connectivity index (χ2n) is 5.66. The Bertz CT molecular complexity index is 1100. The number of halogens is 2. The van der Waals surface area contributed by atoms with Crippen LogP contribution in [-0.4, -0.2) is 24.5 Å². The van der Waals surface area contributed by atoms with Crippen LogP contribution in [0, 0.1) is 18.6 Å². The van der Waals surface area contributed by atoms with Crippen LogP contribution in [0.1, 0.15) is 15.9 Å². The average Bonchev–Trinajstić information content (AvgIpc) is 3.10. The summed E-state index contributed by atoms with van der Waals surface area (Å²) in [5.41, 5.74) is 0.369. The summed E-state index contributed by atoms with van der Waals surface area (Å²) >= 11 is 0. The Morgan fingerprint density at radius 3 is 2.48 bits per heavy atom. The molecular formula is C17H14F2N4O3S. The van der Waals surface area contributed by atoms with E-state index < -0.39 is 32.6 Å². The maximum atomic E-state index is 13.9. The molecule has 0 unspecified atom stereocenters. The maximum Gasteiger partial charge on any atom is 0.279 e. The topological polar surface area (TPSA) is 104 Å². The first-order valence-electron chi connectivity index (χ1n) is 7.65. The molecule has 1 heterocycles. The standard InChI is InChI=1S/C17H14F2N4O3S/c1-10-2-7-15(14(19)8-10)21-16(24)13-9-20-22-17(13)27(25,26)23-12-5-3-11(18)4-6-12/h2-9,23H,1H3,(H,20,22)(H,21,24). The molecule has 0 saturated heterocycles. The molecule has 3 rings (SSSR count). The van der Waals surface area contributed by atoms with Crippen molar-refractivity contribution in [2.45, 2.75) is 11.9 Å². The average molecular weight is 392 g/mol. The second-order valence-corrected chi connectivity index (χ2v) is 7.28. The highest BCUT2D eigenvalue weighted by molar-refractivity contribution is 7.92. The lowest BCUT2D eigenvalue weighted by molar-refractivity contribution is 0.102. The van der Waals surface area contributed by atoms with Crippen LogP contribution in [0.3, 0.4) is 0 Å². The zero-order valence-corrected chi connectivity index (χ0v) is 14.8. The summed E-state index contributed by atoms with van der Waals surface area (Å²) in [7, 11) is -4.21. The normalized spacial score (nSPS) is 11.2. The second kappa shape index (κ2) is 7.16. The molecule has 0 aliphatic rings. The molecule has 0 radical (unpaired) electrons. The lowest BCUT2D eigenvalue weighted by Crippen LogP contribution is -2.20. The number of nitrogens with one attached hydrogen (secondary N) is 3. The molecule has 7 nitrogen and oxygen atoms in total. The Balaban J connectivity index is 1.85. The highest BCUT2D eigenvalue weighted by atomic mass is 32.2. The number of aryl methyl sites for hydroxylation is 1. The van der Waals surface area contributed by atoms with Crippen LogP contribution in [0.5, 0.6) is 0 Å². The molecule has 27 heavy (non-hydrogen) atoms. The van der Waals surface area contributed by atoms with Crippen molar-refractivity contribution in [1.29, 1.82) is 0 Å². The number of benzene rings is 2. The molecule has 10 heteroatoms. The Morgan fingerprint density at radius 2 is 1.81 bits per heavy atom. The van der Waals surface area contributed by atoms with E-state index in [4.69, 9.17) is 0 Å². The molecule has 3 N–H and O–H groups in total. The van der Waals surface area contributed by atoms with E-state index in [0.29, 0.717) is 5.56 Å². The molecule has 1 aromatic heterocycles. The number of nitrogens with zero attached hydrogens (tertiary/aromatic N) is 1. The first kappa shape index (κ1) is 18.5. The number of hydrogen-bond acceptors (Lipinski definition) is 4. The summed E-state index contributed by atoms with van der Waals surface area (Å²) in [4.78, 5) is 12.4. The summed E-state index contributed by atoms with van der Waals surface area (Å²) in [5, 5.41) is 7.63. The van der Waals surface area contributed by atoms with Gasteiger partial charge in [0.25, 0.3) is 15.9 Å². The summed E-state index contributed by atoms with van der Waals surface area (Å²) in [6.07, 6.45) is 1.01. The van der Waals surface area contributed by atoms with Gasteiger partial charge >= 0.3 is 0 Å². The first-order chi connectivity index (χ1) is 12.8. The predicted octanol–water partition coefficient (Wildman–Crippen LogP) is 3.05. The van der Waals surface area contributed by atoms with E-state index in [2.05, 4.69) is 20.2 Å². The van der Waals surface area contributed by atoms with Crippen molar-refractivity contribution in [1.82, 2.24) is 10.2 Å². The highest BCUT2D eigenvalue weighted by Gasteiger charge is 2.25. The van der Waals surface area contributed by atoms with Gasteiger partial charge in [0, 0.05) is 5.69 Å². The monoisotopic (exact) mass is 392 g/mol. The Kier molecular flexibility index (Phi) is 4.91. The number of carbonyl (C=O) groups is 1. The van der Waals surface area contributed by atoms with Gasteiger partial charge in [-0.2, -0.15) is 13.5 Å². The molecule has 0 aliphatic carbocycles. The number of H-pyrrole nitrogens is 1. The Labute approximate surface area is 153 Å². The van der Waals surface area contributed by atoms with Gasteiger partial charge < -0.3 is 5.32 Å². The third-order valence-corrected chi connectivity index (χ3v) is 4.94. The number of carbonyl (C=O) groups excluding carboxylic acids is 1. The van der Waals surface area contributed by atoms with E-state index in [-0.39, 0.29) is 16.9 Å². The fraction of sp³-hybridized carbons (Fsp3) is 0.0588. The fourth-order valence-electron chi connectivity index (χ4n) is 2.28. The third kappa shape index (κ3) is 4.11. The van der Waals surface area contributed by atoms with Crippen molar-refractivity contribution in [3.63, 3.8) is 0 Å². The SMILES string of the molecule is Cc1ccc(NC(=O)c2cn[nH]c2S(=O)(=O)Nc2ccc(F)cc2)c(F)c1. The third-order valence-electron chi connectivity index (χ3n) is 3.59. The number of aromatic amines is 1. The minimum atomic E-state index is -4.21. The van der Waals surface area contributed by atoms with Crippen molar-refractivity contribution in [3.05, 3.63) is 71.4 Å². The Morgan fingerprint density at radius 1 is 1.11 bits per heavy atom. The van der Waals surface area contributed by atoms with Gasteiger partial charge in [0.1, 0.15) is 11.6 Å². The van der Waals surface area contributed by atoms with Crippen LogP contribution in [-0.2, 0) is 10.0 Å². The number of aromatic nitrogens is 2. The van der Waals surface area contributed by atoms with Crippen LogP contribution < -0.4 is 10.0 Å². The van der Waals surface area contributed by atoms with Gasteiger partial charge in [0.2, 0.25) is 0 Å². The molecule has 0 bridgehead atoms. The van der Waals surface area contributed by atoms with Crippen LogP contribution in [0.25, 0.3) is 0 Å². The van der Waals surface area contributed by atoms with Gasteiger partial charge in [-0.15, -0.1) is 0 Å². The Hall–Kier alpha value is -3.27. The summed E-state index contributed by atoms with van der Waals surface area (Å²) in [5.74, 6) is -2.04. The van der Waals surface area contributed by atoms with Crippen LogP contribution in [0.15, 0.2) is 53.7 Å². The summed E-state index contributed by atoms with van der Waals surface area (Å²) in [6, 6.07) is 8.82. The van der Waals surface area contributed by atoms with E-state index in [1.54, 1.807) is 13.0 Å². The van der Waals surface area contributed by atoms with Crippen molar-refractivity contribution >= 4 is 27.3 Å². The molecule has 0 saturated carbocycles. The predicted molar refractivity (Wildman–Crippen MR) is 94.9 cm³/mol. The number of anilines is 2. The zero-order valence-electron chi connectivity index (χ0n) is 14.0. The smallest absolute Gasteiger partial charge is 0.279 e. The fourth-order valence-corrected chi connectivity index (χ4v) is 3.43. The van der Waals surface area contributed by atoms with Gasteiger partial charge in [-0.3, -0.25) is 14.6 Å². The molecular weight excluding hydrogens is 378 g/mol.